The number of ether oxygens (including phenoxy) is 1. The summed E-state index contributed by atoms with van der Waals surface area (Å²) in [6, 6.07) is 7.01. The van der Waals surface area contributed by atoms with Gasteiger partial charge in [-0.1, -0.05) is 17.7 Å². The van der Waals surface area contributed by atoms with Crippen molar-refractivity contribution in [2.45, 2.75) is 6.92 Å². The second-order valence-electron chi connectivity index (χ2n) is 4.69. The maximum atomic E-state index is 11.8. The van der Waals surface area contributed by atoms with E-state index in [1.165, 1.54) is 0 Å². The molecule has 0 saturated carbocycles. The van der Waals surface area contributed by atoms with Crippen LogP contribution >= 0.6 is 0 Å². The number of esters is 1. The van der Waals surface area contributed by atoms with E-state index < -0.39 is 41.1 Å². The zero-order valence-electron chi connectivity index (χ0n) is 12.1. The second-order valence-corrected chi connectivity index (χ2v) is 4.69. The molecule has 0 aliphatic heterocycles. The van der Waals surface area contributed by atoms with Crippen LogP contribution in [-0.2, 0) is 9.53 Å². The molecule has 2 aromatic rings. The highest BCUT2D eigenvalue weighted by molar-refractivity contribution is 5.96. The van der Waals surface area contributed by atoms with Gasteiger partial charge in [-0.25, -0.2) is 9.59 Å². The number of carbonyl (C=O) groups is 2. The summed E-state index contributed by atoms with van der Waals surface area (Å²) in [5.74, 6) is -1.65. The average molecular weight is 318 g/mol. The summed E-state index contributed by atoms with van der Waals surface area (Å²) in [4.78, 5) is 49.8. The van der Waals surface area contributed by atoms with Crippen molar-refractivity contribution in [2.24, 2.45) is 0 Å². The van der Waals surface area contributed by atoms with Gasteiger partial charge in [-0.05, 0) is 19.1 Å². The highest BCUT2D eigenvalue weighted by Gasteiger charge is 2.17. The quantitative estimate of drug-likeness (QED) is 0.571. The maximum Gasteiger partial charge on any atom is 0.357 e. The molecule has 5 N–H and O–H groups in total. The Kier molecular flexibility index (Phi) is 4.60. The molecule has 1 heterocycles. The Labute approximate surface area is 129 Å². The molecule has 0 fully saturated rings. The number of carbonyl (C=O) groups excluding carboxylic acids is 2. The molecule has 0 unspecified atom stereocenters. The van der Waals surface area contributed by atoms with Crippen molar-refractivity contribution in [3.8, 4) is 0 Å². The lowest BCUT2D eigenvalue weighted by molar-refractivity contribution is -0.119. The largest absolute Gasteiger partial charge is 0.451 e. The lowest BCUT2D eigenvalue weighted by Gasteiger charge is -2.07. The first-order valence-electron chi connectivity index (χ1n) is 6.52. The van der Waals surface area contributed by atoms with Gasteiger partial charge in [0.25, 0.3) is 11.5 Å². The van der Waals surface area contributed by atoms with Crippen LogP contribution in [0.2, 0.25) is 0 Å². The fourth-order valence-corrected chi connectivity index (χ4v) is 1.69. The lowest BCUT2D eigenvalue weighted by Crippen LogP contribution is -2.30. The molecule has 1 aromatic heterocycles. The van der Waals surface area contributed by atoms with Crippen LogP contribution in [0.5, 0.6) is 0 Å². The summed E-state index contributed by atoms with van der Waals surface area (Å²) in [6.45, 7) is 1.31. The SMILES string of the molecule is Cc1ccc(NC(=O)COC(=O)c2[nH]c(=O)[nH]c(=O)c2N)cc1. The second kappa shape index (κ2) is 6.60. The Balaban J connectivity index is 1.99. The molecule has 9 heteroatoms. The predicted octanol–water partition coefficient (Wildman–Crippen LogP) is -0.251. The van der Waals surface area contributed by atoms with Crippen LogP contribution in [0.4, 0.5) is 11.4 Å². The third-order valence-corrected chi connectivity index (χ3v) is 2.85. The molecule has 0 bridgehead atoms. The molecule has 0 atom stereocenters. The van der Waals surface area contributed by atoms with E-state index in [2.05, 4.69) is 10.3 Å². The number of hydrogen-bond acceptors (Lipinski definition) is 6. The van der Waals surface area contributed by atoms with Gasteiger partial charge >= 0.3 is 11.7 Å². The first kappa shape index (κ1) is 16.0. The number of nitrogens with two attached hydrogens (primary N) is 1. The third-order valence-electron chi connectivity index (χ3n) is 2.85. The summed E-state index contributed by atoms with van der Waals surface area (Å²) in [5, 5.41) is 2.53. The minimum Gasteiger partial charge on any atom is -0.451 e. The fourth-order valence-electron chi connectivity index (χ4n) is 1.69. The normalized spacial score (nSPS) is 10.1. The number of anilines is 2. The number of hydrogen-bond donors (Lipinski definition) is 4. The number of aromatic amines is 2. The molecule has 0 aliphatic rings. The zero-order valence-corrected chi connectivity index (χ0v) is 12.1. The van der Waals surface area contributed by atoms with E-state index in [9.17, 15) is 19.2 Å². The first-order valence-corrected chi connectivity index (χ1v) is 6.52. The molecular weight excluding hydrogens is 304 g/mol. The summed E-state index contributed by atoms with van der Waals surface area (Å²) < 4.78 is 4.72. The van der Waals surface area contributed by atoms with Gasteiger partial charge in [0.15, 0.2) is 12.3 Å². The first-order chi connectivity index (χ1) is 10.9. The smallest absolute Gasteiger partial charge is 0.357 e. The molecule has 0 spiro atoms. The number of rotatable bonds is 4. The standard InChI is InChI=1S/C14H14N4O5/c1-7-2-4-8(5-3-7)16-9(19)6-23-13(21)11-10(15)12(20)18-14(22)17-11/h2-5H,6,15H2,1H3,(H,16,19)(H2,17,18,20,22). The summed E-state index contributed by atoms with van der Waals surface area (Å²) in [6.07, 6.45) is 0. The van der Waals surface area contributed by atoms with Crippen LogP contribution in [0.3, 0.4) is 0 Å². The molecule has 0 aliphatic carbocycles. The van der Waals surface area contributed by atoms with Gasteiger partial charge in [-0.15, -0.1) is 0 Å². The lowest BCUT2D eigenvalue weighted by atomic mass is 10.2. The molecule has 2 rings (SSSR count). The number of nitrogen functional groups attached to an aromatic ring is 1. The minimum absolute atomic E-state index is 0.492. The Bertz CT molecular complexity index is 851. The Morgan fingerprint density at radius 3 is 2.48 bits per heavy atom. The van der Waals surface area contributed by atoms with Crippen molar-refractivity contribution in [1.82, 2.24) is 9.97 Å². The van der Waals surface area contributed by atoms with Crippen molar-refractivity contribution in [3.05, 3.63) is 56.4 Å². The summed E-state index contributed by atoms with van der Waals surface area (Å²) >= 11 is 0. The van der Waals surface area contributed by atoms with E-state index in [1.54, 1.807) is 12.1 Å². The Hall–Kier alpha value is -3.36. The maximum absolute atomic E-state index is 11.8. The highest BCUT2D eigenvalue weighted by atomic mass is 16.5. The van der Waals surface area contributed by atoms with Gasteiger partial charge in [0.2, 0.25) is 0 Å². The number of amides is 1. The van der Waals surface area contributed by atoms with Crippen LogP contribution in [0.25, 0.3) is 0 Å². The number of nitrogens with one attached hydrogen (secondary N) is 3. The van der Waals surface area contributed by atoms with E-state index in [0.29, 0.717) is 5.69 Å². The van der Waals surface area contributed by atoms with Crippen molar-refractivity contribution in [3.63, 3.8) is 0 Å². The van der Waals surface area contributed by atoms with E-state index in [1.807, 2.05) is 24.0 Å². The van der Waals surface area contributed by atoms with Crippen molar-refractivity contribution >= 4 is 23.3 Å². The topological polar surface area (TPSA) is 147 Å². The molecule has 120 valence electrons. The van der Waals surface area contributed by atoms with Crippen LogP contribution < -0.4 is 22.3 Å². The molecule has 9 nitrogen and oxygen atoms in total. The summed E-state index contributed by atoms with van der Waals surface area (Å²) in [5.41, 5.74) is 4.15. The van der Waals surface area contributed by atoms with Crippen LogP contribution in [-0.4, -0.2) is 28.5 Å². The molecule has 0 radical (unpaired) electrons. The molecule has 23 heavy (non-hydrogen) atoms. The zero-order chi connectivity index (χ0) is 17.0. The van der Waals surface area contributed by atoms with Crippen molar-refractivity contribution in [2.75, 3.05) is 17.7 Å². The summed E-state index contributed by atoms with van der Waals surface area (Å²) in [7, 11) is 0. The average Bonchev–Trinajstić information content (AvgIpc) is 2.50. The number of aromatic nitrogens is 2. The molecular formula is C14H14N4O5. The van der Waals surface area contributed by atoms with Gasteiger partial charge in [0.05, 0.1) is 0 Å². The van der Waals surface area contributed by atoms with E-state index in [-0.39, 0.29) is 0 Å². The van der Waals surface area contributed by atoms with Crippen LogP contribution in [0, 0.1) is 6.92 Å². The van der Waals surface area contributed by atoms with Gasteiger partial charge in [-0.2, -0.15) is 0 Å². The number of benzene rings is 1. The van der Waals surface area contributed by atoms with E-state index in [0.717, 1.165) is 5.56 Å². The fraction of sp³-hybridized carbons (Fsp3) is 0.143. The monoisotopic (exact) mass is 318 g/mol. The minimum atomic E-state index is -1.08. The highest BCUT2D eigenvalue weighted by Crippen LogP contribution is 2.08. The van der Waals surface area contributed by atoms with E-state index >= 15 is 0 Å². The van der Waals surface area contributed by atoms with Gasteiger partial charge in [0, 0.05) is 5.69 Å². The molecule has 1 amide bonds. The van der Waals surface area contributed by atoms with E-state index in [4.69, 9.17) is 10.5 Å². The van der Waals surface area contributed by atoms with Crippen molar-refractivity contribution < 1.29 is 14.3 Å². The Morgan fingerprint density at radius 1 is 1.17 bits per heavy atom. The number of H-pyrrole nitrogens is 2. The van der Waals surface area contributed by atoms with Gasteiger partial charge < -0.3 is 15.8 Å². The van der Waals surface area contributed by atoms with Crippen LogP contribution in [0.15, 0.2) is 33.9 Å². The van der Waals surface area contributed by atoms with Gasteiger partial charge in [-0.3, -0.25) is 19.6 Å². The van der Waals surface area contributed by atoms with Crippen LogP contribution in [0.1, 0.15) is 16.1 Å². The third kappa shape index (κ3) is 4.06. The van der Waals surface area contributed by atoms with Crippen molar-refractivity contribution in [1.29, 1.82) is 0 Å². The molecule has 1 aromatic carbocycles. The number of aryl methyl sites for hydroxylation is 1. The molecule has 0 saturated heterocycles. The van der Waals surface area contributed by atoms with Gasteiger partial charge in [0.1, 0.15) is 5.69 Å². The predicted molar refractivity (Wildman–Crippen MR) is 82.2 cm³/mol. The Morgan fingerprint density at radius 2 is 1.83 bits per heavy atom.